The number of likely N-dealkylation sites (tertiary alicyclic amines) is 1. The highest BCUT2D eigenvalue weighted by Crippen LogP contribution is 2.46. The minimum atomic E-state index is -0.845. The van der Waals surface area contributed by atoms with E-state index in [4.69, 9.17) is 9.72 Å². The van der Waals surface area contributed by atoms with Crippen LogP contribution in [-0.2, 0) is 20.0 Å². The minimum Gasteiger partial charge on any atom is -0.481 e. The van der Waals surface area contributed by atoms with Crippen LogP contribution in [0.4, 0.5) is 10.5 Å². The number of amides is 3. The van der Waals surface area contributed by atoms with Gasteiger partial charge in [-0.05, 0) is 86.4 Å². The van der Waals surface area contributed by atoms with Gasteiger partial charge in [0.1, 0.15) is 5.56 Å². The highest BCUT2D eigenvalue weighted by atomic mass is 16.5. The monoisotopic (exact) mass is 707 g/mol. The van der Waals surface area contributed by atoms with Gasteiger partial charge in [-0.3, -0.25) is 23.6 Å². The SMILES string of the molecule is COc1nc(-c2cccc(-c3cccc(NC(=O)c4cn(C[C@@H](C)O)c(=O)n(C)c4=O)c3C)c2C)cc2c1[C@@H](N1CC[C@]3(CCNC(=O)N3)C1)CC2. The number of anilines is 1. The van der Waals surface area contributed by atoms with E-state index in [1.54, 1.807) is 13.2 Å². The summed E-state index contributed by atoms with van der Waals surface area (Å²) in [5.41, 5.74) is 6.65. The molecule has 52 heavy (non-hydrogen) atoms. The van der Waals surface area contributed by atoms with Crippen LogP contribution in [0.5, 0.6) is 5.88 Å². The maximum Gasteiger partial charge on any atom is 0.330 e. The van der Waals surface area contributed by atoms with Crippen LogP contribution in [0.3, 0.4) is 0 Å². The predicted molar refractivity (Wildman–Crippen MR) is 198 cm³/mol. The number of fused-ring (bicyclic) bond motifs is 1. The molecular weight excluding hydrogens is 662 g/mol. The first-order chi connectivity index (χ1) is 24.9. The summed E-state index contributed by atoms with van der Waals surface area (Å²) in [5, 5.41) is 18.8. The Hall–Kier alpha value is -5.27. The molecule has 13 nitrogen and oxygen atoms in total. The summed E-state index contributed by atoms with van der Waals surface area (Å²) in [7, 11) is 2.98. The van der Waals surface area contributed by atoms with Crippen LogP contribution in [0.1, 0.15) is 64.8 Å². The van der Waals surface area contributed by atoms with Crippen LogP contribution in [0.2, 0.25) is 0 Å². The highest BCUT2D eigenvalue weighted by Gasteiger charge is 2.45. The Kier molecular flexibility index (Phi) is 9.26. The van der Waals surface area contributed by atoms with Crippen LogP contribution in [0, 0.1) is 13.8 Å². The average Bonchev–Trinajstić information content (AvgIpc) is 3.73. The van der Waals surface area contributed by atoms with Crippen molar-refractivity contribution in [1.29, 1.82) is 0 Å². The number of carbonyl (C=O) groups excluding carboxylic acids is 2. The van der Waals surface area contributed by atoms with Crippen molar-refractivity contribution in [1.82, 2.24) is 29.7 Å². The molecule has 2 aliphatic heterocycles. The lowest BCUT2D eigenvalue weighted by atomic mass is 9.91. The lowest BCUT2D eigenvalue weighted by Crippen LogP contribution is -2.59. The molecule has 7 rings (SSSR count). The van der Waals surface area contributed by atoms with Crippen molar-refractivity contribution in [2.75, 3.05) is 32.1 Å². The number of aliphatic hydroxyl groups excluding tert-OH is 1. The summed E-state index contributed by atoms with van der Waals surface area (Å²) in [5.74, 6) is -0.0232. The van der Waals surface area contributed by atoms with Gasteiger partial charge in [0, 0.05) is 55.7 Å². The lowest BCUT2D eigenvalue weighted by molar-refractivity contribution is 0.102. The van der Waals surface area contributed by atoms with Gasteiger partial charge in [0.25, 0.3) is 11.5 Å². The van der Waals surface area contributed by atoms with E-state index in [-0.39, 0.29) is 29.7 Å². The number of rotatable bonds is 8. The van der Waals surface area contributed by atoms with Crippen molar-refractivity contribution in [3.63, 3.8) is 0 Å². The second-order valence-electron chi connectivity index (χ2n) is 14.4. The molecule has 4 heterocycles. The third kappa shape index (κ3) is 6.28. The summed E-state index contributed by atoms with van der Waals surface area (Å²) in [4.78, 5) is 58.6. The Morgan fingerprint density at radius 3 is 2.56 bits per heavy atom. The number of aromatic nitrogens is 3. The number of nitrogens with zero attached hydrogens (tertiary/aromatic N) is 4. The number of aliphatic hydroxyl groups is 1. The number of methoxy groups -OCH3 is 1. The number of urea groups is 1. The third-order valence-electron chi connectivity index (χ3n) is 11.0. The fourth-order valence-corrected chi connectivity index (χ4v) is 8.24. The molecule has 2 aromatic heterocycles. The molecule has 4 aromatic rings. The summed E-state index contributed by atoms with van der Waals surface area (Å²) in [6.07, 6.45) is 4.06. The zero-order valence-electron chi connectivity index (χ0n) is 30.2. The second kappa shape index (κ2) is 13.7. The number of nitrogens with one attached hydrogen (secondary N) is 3. The zero-order valence-corrected chi connectivity index (χ0v) is 30.2. The summed E-state index contributed by atoms with van der Waals surface area (Å²) < 4.78 is 8.00. The van der Waals surface area contributed by atoms with Crippen molar-refractivity contribution in [3.05, 3.63) is 97.3 Å². The first-order valence-electron chi connectivity index (χ1n) is 17.8. The zero-order chi connectivity index (χ0) is 36.9. The van der Waals surface area contributed by atoms with Crippen LogP contribution in [-0.4, -0.2) is 74.4 Å². The molecule has 2 fully saturated rings. The minimum absolute atomic E-state index is 0.0546. The number of carbonyl (C=O) groups is 2. The summed E-state index contributed by atoms with van der Waals surface area (Å²) in [6, 6.07) is 14.0. The van der Waals surface area contributed by atoms with Gasteiger partial charge >= 0.3 is 11.7 Å². The molecule has 0 radical (unpaired) electrons. The highest BCUT2D eigenvalue weighted by molar-refractivity contribution is 6.04. The Bertz CT molecular complexity index is 2210. The third-order valence-corrected chi connectivity index (χ3v) is 11.0. The molecule has 2 saturated heterocycles. The lowest BCUT2D eigenvalue weighted by Gasteiger charge is -2.36. The Labute approximate surface area is 301 Å². The van der Waals surface area contributed by atoms with E-state index in [1.807, 2.05) is 31.2 Å². The molecule has 3 atom stereocenters. The van der Waals surface area contributed by atoms with E-state index in [1.165, 1.54) is 30.3 Å². The Morgan fingerprint density at radius 1 is 1.10 bits per heavy atom. The molecule has 13 heteroatoms. The quantitative estimate of drug-likeness (QED) is 0.216. The van der Waals surface area contributed by atoms with Crippen LogP contribution in [0.25, 0.3) is 22.4 Å². The standard InChI is InChI=1S/C39H45N7O6/c1-22(47)19-46-20-29(36(49)44(4)38(46)51)34(48)41-30-11-7-9-27(24(30)3)26-8-6-10-28(23(26)2)31-18-25-12-13-32(33(25)35(42-31)52-5)45-17-15-39(21-45)14-16-40-37(50)43-39/h6-11,18,20,22,32,47H,12-17,19,21H2,1-5H3,(H,41,48)(H2,40,43,50)/t22-,32+,39-/m1/s1. The van der Waals surface area contributed by atoms with Crippen molar-refractivity contribution in [2.45, 2.75) is 70.7 Å². The Morgan fingerprint density at radius 2 is 1.83 bits per heavy atom. The van der Waals surface area contributed by atoms with Gasteiger partial charge in [-0.2, -0.15) is 0 Å². The van der Waals surface area contributed by atoms with Gasteiger partial charge in [0.2, 0.25) is 5.88 Å². The molecule has 0 saturated carbocycles. The second-order valence-corrected chi connectivity index (χ2v) is 14.4. The van der Waals surface area contributed by atoms with E-state index in [9.17, 15) is 24.3 Å². The number of aryl methyl sites for hydroxylation is 1. The van der Waals surface area contributed by atoms with Crippen molar-refractivity contribution >= 4 is 17.6 Å². The molecule has 1 aliphatic carbocycles. The molecule has 0 unspecified atom stereocenters. The number of ether oxygens (including phenoxy) is 1. The number of hydrogen-bond acceptors (Lipinski definition) is 8. The van der Waals surface area contributed by atoms with E-state index >= 15 is 0 Å². The van der Waals surface area contributed by atoms with Crippen molar-refractivity contribution in [2.24, 2.45) is 7.05 Å². The first kappa shape index (κ1) is 35.1. The van der Waals surface area contributed by atoms with E-state index in [2.05, 4.69) is 39.9 Å². The van der Waals surface area contributed by atoms with Gasteiger partial charge in [0.15, 0.2) is 0 Å². The molecule has 2 aromatic carbocycles. The predicted octanol–water partition coefficient (Wildman–Crippen LogP) is 3.67. The molecule has 0 bridgehead atoms. The van der Waals surface area contributed by atoms with Gasteiger partial charge in [-0.15, -0.1) is 0 Å². The maximum atomic E-state index is 13.5. The van der Waals surface area contributed by atoms with Gasteiger partial charge in [-0.25, -0.2) is 14.6 Å². The van der Waals surface area contributed by atoms with Gasteiger partial charge in [0.05, 0.1) is 31.0 Å². The van der Waals surface area contributed by atoms with E-state index < -0.39 is 23.3 Å². The van der Waals surface area contributed by atoms with Crippen LogP contribution in [0.15, 0.2) is 58.3 Å². The fourth-order valence-electron chi connectivity index (χ4n) is 8.24. The maximum absolute atomic E-state index is 13.5. The number of pyridine rings is 1. The summed E-state index contributed by atoms with van der Waals surface area (Å²) in [6.45, 7) is 7.85. The van der Waals surface area contributed by atoms with Gasteiger partial charge < -0.3 is 25.8 Å². The van der Waals surface area contributed by atoms with E-state index in [0.29, 0.717) is 18.1 Å². The van der Waals surface area contributed by atoms with E-state index in [0.717, 1.165) is 82.4 Å². The molecule has 3 amide bonds. The van der Waals surface area contributed by atoms with Crippen LogP contribution >= 0.6 is 0 Å². The molecule has 1 spiro atoms. The summed E-state index contributed by atoms with van der Waals surface area (Å²) >= 11 is 0. The number of hydrogen-bond donors (Lipinski definition) is 4. The largest absolute Gasteiger partial charge is 0.481 e. The number of benzene rings is 2. The smallest absolute Gasteiger partial charge is 0.330 e. The molecule has 4 N–H and O–H groups in total. The van der Waals surface area contributed by atoms with Crippen molar-refractivity contribution in [3.8, 4) is 28.3 Å². The fraction of sp³-hybridized carbons (Fsp3) is 0.410. The molecule has 3 aliphatic rings. The molecular formula is C39H45N7O6. The van der Waals surface area contributed by atoms with Crippen LogP contribution < -0.4 is 31.9 Å². The average molecular weight is 708 g/mol. The van der Waals surface area contributed by atoms with Crippen molar-refractivity contribution < 1.29 is 19.4 Å². The normalized spacial score (nSPS) is 20.3. The topological polar surface area (TPSA) is 160 Å². The Balaban J connectivity index is 1.17. The van der Waals surface area contributed by atoms with Gasteiger partial charge in [-0.1, -0.05) is 30.3 Å². The first-order valence-corrected chi connectivity index (χ1v) is 17.8. The molecule has 272 valence electrons.